The second-order valence-electron chi connectivity index (χ2n) is 4.42. The predicted octanol–water partition coefficient (Wildman–Crippen LogP) is 4.28. The van der Waals surface area contributed by atoms with Crippen LogP contribution in [0.1, 0.15) is 11.4 Å². The molecule has 3 rings (SSSR count). The zero-order valence-corrected chi connectivity index (χ0v) is 13.0. The Balaban J connectivity index is 2.02. The van der Waals surface area contributed by atoms with Gasteiger partial charge in [0, 0.05) is 16.6 Å². The molecule has 3 nitrogen and oxygen atoms in total. The fourth-order valence-corrected chi connectivity index (χ4v) is 2.60. The third-order valence-corrected chi connectivity index (χ3v) is 3.83. The van der Waals surface area contributed by atoms with E-state index in [1.54, 1.807) is 0 Å². The summed E-state index contributed by atoms with van der Waals surface area (Å²) in [6, 6.07) is 18.3. The van der Waals surface area contributed by atoms with Gasteiger partial charge in [0.25, 0.3) is 0 Å². The first-order valence-electron chi connectivity index (χ1n) is 6.20. The number of rotatable bonds is 3. The van der Waals surface area contributed by atoms with Crippen LogP contribution in [0.15, 0.2) is 59.1 Å². The van der Waals surface area contributed by atoms with Gasteiger partial charge in [-0.25, -0.2) is 0 Å². The molecule has 3 aromatic rings. The van der Waals surface area contributed by atoms with Crippen molar-refractivity contribution in [3.63, 3.8) is 0 Å². The summed E-state index contributed by atoms with van der Waals surface area (Å²) >= 11 is 8.78. The second-order valence-corrected chi connectivity index (χ2v) is 5.72. The average molecular weight is 346 g/mol. The van der Waals surface area contributed by atoms with E-state index in [1.807, 2.05) is 47.0 Å². The highest BCUT2D eigenvalue weighted by atomic mass is 79.9. The monoisotopic (exact) mass is 345 g/mol. The lowest BCUT2D eigenvalue weighted by Crippen LogP contribution is -2.02. The molecule has 0 atom stereocenters. The molecular formula is C15H12BrN3S. The number of aromatic amines is 1. The van der Waals surface area contributed by atoms with Crippen LogP contribution in [0.3, 0.4) is 0 Å². The van der Waals surface area contributed by atoms with Crippen molar-refractivity contribution in [2.75, 3.05) is 0 Å². The number of aromatic nitrogens is 3. The van der Waals surface area contributed by atoms with Crippen molar-refractivity contribution in [2.45, 2.75) is 6.42 Å². The molecule has 0 saturated carbocycles. The maximum atomic E-state index is 5.34. The van der Waals surface area contributed by atoms with Crippen LogP contribution in [0.25, 0.3) is 5.69 Å². The SMILES string of the molecule is S=c1[nH]nc(Cc2ccccc2)n1-c1ccc(Br)cc1. The molecule has 0 amide bonds. The van der Waals surface area contributed by atoms with Gasteiger partial charge in [-0.15, -0.1) is 0 Å². The number of halogens is 1. The van der Waals surface area contributed by atoms with E-state index in [-0.39, 0.29) is 0 Å². The average Bonchev–Trinajstić information content (AvgIpc) is 2.82. The van der Waals surface area contributed by atoms with Crippen molar-refractivity contribution in [1.29, 1.82) is 0 Å². The van der Waals surface area contributed by atoms with Crippen LogP contribution in [0, 0.1) is 4.77 Å². The molecule has 2 aromatic carbocycles. The summed E-state index contributed by atoms with van der Waals surface area (Å²) < 4.78 is 3.62. The Kier molecular flexibility index (Phi) is 3.80. The molecule has 0 aliphatic rings. The maximum Gasteiger partial charge on any atom is 0.199 e. The van der Waals surface area contributed by atoms with Gasteiger partial charge >= 0.3 is 0 Å². The number of nitrogens with zero attached hydrogens (tertiary/aromatic N) is 2. The summed E-state index contributed by atoms with van der Waals surface area (Å²) in [5, 5.41) is 7.22. The molecule has 20 heavy (non-hydrogen) atoms. The minimum Gasteiger partial charge on any atom is -0.272 e. The fraction of sp³-hybridized carbons (Fsp3) is 0.0667. The fourth-order valence-electron chi connectivity index (χ4n) is 2.08. The Morgan fingerprint density at radius 3 is 2.45 bits per heavy atom. The quantitative estimate of drug-likeness (QED) is 0.718. The summed E-state index contributed by atoms with van der Waals surface area (Å²) in [4.78, 5) is 0. The van der Waals surface area contributed by atoms with E-state index in [0.29, 0.717) is 4.77 Å². The lowest BCUT2D eigenvalue weighted by molar-refractivity contribution is 0.902. The summed E-state index contributed by atoms with van der Waals surface area (Å²) in [6.07, 6.45) is 0.740. The first-order chi connectivity index (χ1) is 9.74. The van der Waals surface area contributed by atoms with E-state index in [0.717, 1.165) is 22.4 Å². The smallest absolute Gasteiger partial charge is 0.199 e. The number of benzene rings is 2. The molecular weight excluding hydrogens is 334 g/mol. The topological polar surface area (TPSA) is 33.6 Å². The van der Waals surface area contributed by atoms with Crippen molar-refractivity contribution in [2.24, 2.45) is 0 Å². The Bertz CT molecular complexity index is 760. The highest BCUT2D eigenvalue weighted by Gasteiger charge is 2.08. The Hall–Kier alpha value is -1.72. The molecule has 0 radical (unpaired) electrons. The van der Waals surface area contributed by atoms with Gasteiger partial charge in [-0.3, -0.25) is 9.67 Å². The largest absolute Gasteiger partial charge is 0.272 e. The summed E-state index contributed by atoms with van der Waals surface area (Å²) in [5.41, 5.74) is 2.22. The zero-order valence-electron chi connectivity index (χ0n) is 10.6. The molecule has 0 fully saturated rings. The van der Waals surface area contributed by atoms with Gasteiger partial charge in [-0.1, -0.05) is 46.3 Å². The minimum atomic E-state index is 0.609. The molecule has 0 saturated heterocycles. The first-order valence-corrected chi connectivity index (χ1v) is 7.40. The van der Waals surface area contributed by atoms with Crippen LogP contribution in [-0.2, 0) is 6.42 Å². The van der Waals surface area contributed by atoms with Crippen molar-refractivity contribution < 1.29 is 0 Å². The predicted molar refractivity (Wildman–Crippen MR) is 85.7 cm³/mol. The number of nitrogens with one attached hydrogen (secondary N) is 1. The van der Waals surface area contributed by atoms with E-state index in [1.165, 1.54) is 5.56 Å². The van der Waals surface area contributed by atoms with Gasteiger partial charge in [-0.2, -0.15) is 5.10 Å². The molecule has 100 valence electrons. The van der Waals surface area contributed by atoms with Crippen LogP contribution in [0.4, 0.5) is 0 Å². The van der Waals surface area contributed by atoms with Gasteiger partial charge < -0.3 is 0 Å². The van der Waals surface area contributed by atoms with Gasteiger partial charge in [0.2, 0.25) is 0 Å². The number of hydrogen-bond acceptors (Lipinski definition) is 2. The number of hydrogen-bond donors (Lipinski definition) is 1. The van der Waals surface area contributed by atoms with Gasteiger partial charge in [0.05, 0.1) is 0 Å². The lowest BCUT2D eigenvalue weighted by atomic mass is 10.1. The third-order valence-electron chi connectivity index (χ3n) is 3.03. The molecule has 5 heteroatoms. The van der Waals surface area contributed by atoms with Gasteiger partial charge in [0.15, 0.2) is 4.77 Å². The third kappa shape index (κ3) is 2.73. The number of H-pyrrole nitrogens is 1. The van der Waals surface area contributed by atoms with Crippen LogP contribution in [-0.4, -0.2) is 14.8 Å². The van der Waals surface area contributed by atoms with Crippen molar-refractivity contribution >= 4 is 28.1 Å². The Morgan fingerprint density at radius 1 is 1.05 bits per heavy atom. The standard InChI is InChI=1S/C15H12BrN3S/c16-12-6-8-13(9-7-12)19-14(17-18-15(19)20)10-11-4-2-1-3-5-11/h1-9H,10H2,(H,18,20). The molecule has 0 unspecified atom stereocenters. The van der Waals surface area contributed by atoms with E-state index < -0.39 is 0 Å². The molecule has 0 bridgehead atoms. The van der Waals surface area contributed by atoms with E-state index >= 15 is 0 Å². The summed E-state index contributed by atoms with van der Waals surface area (Å²) in [6.45, 7) is 0. The Labute approximate surface area is 130 Å². The Morgan fingerprint density at radius 2 is 1.75 bits per heavy atom. The molecule has 0 spiro atoms. The first kappa shape index (κ1) is 13.3. The van der Waals surface area contributed by atoms with Gasteiger partial charge in [0.1, 0.15) is 5.82 Å². The molecule has 1 aromatic heterocycles. The molecule has 1 heterocycles. The van der Waals surface area contributed by atoms with Gasteiger partial charge in [-0.05, 0) is 42.0 Å². The molecule has 0 aliphatic heterocycles. The van der Waals surface area contributed by atoms with E-state index in [2.05, 4.69) is 38.3 Å². The maximum absolute atomic E-state index is 5.34. The summed E-state index contributed by atoms with van der Waals surface area (Å²) in [7, 11) is 0. The van der Waals surface area contributed by atoms with Crippen molar-refractivity contribution in [3.05, 3.63) is 75.2 Å². The van der Waals surface area contributed by atoms with Crippen molar-refractivity contribution in [3.8, 4) is 5.69 Å². The molecule has 1 N–H and O–H groups in total. The van der Waals surface area contributed by atoms with E-state index in [4.69, 9.17) is 12.2 Å². The zero-order chi connectivity index (χ0) is 13.9. The second kappa shape index (κ2) is 5.73. The van der Waals surface area contributed by atoms with Crippen molar-refractivity contribution in [1.82, 2.24) is 14.8 Å². The minimum absolute atomic E-state index is 0.609. The van der Waals surface area contributed by atoms with E-state index in [9.17, 15) is 0 Å². The highest BCUT2D eigenvalue weighted by Crippen LogP contribution is 2.17. The normalized spacial score (nSPS) is 10.7. The highest BCUT2D eigenvalue weighted by molar-refractivity contribution is 9.10. The van der Waals surface area contributed by atoms with Crippen LogP contribution >= 0.6 is 28.1 Å². The molecule has 0 aliphatic carbocycles. The van der Waals surface area contributed by atoms with Crippen LogP contribution < -0.4 is 0 Å². The van der Waals surface area contributed by atoms with Crippen LogP contribution in [0.5, 0.6) is 0 Å². The lowest BCUT2D eigenvalue weighted by Gasteiger charge is -2.07. The summed E-state index contributed by atoms with van der Waals surface area (Å²) in [5.74, 6) is 0.906. The van der Waals surface area contributed by atoms with Crippen LogP contribution in [0.2, 0.25) is 0 Å².